The van der Waals surface area contributed by atoms with E-state index in [4.69, 9.17) is 0 Å². The van der Waals surface area contributed by atoms with Crippen molar-refractivity contribution < 1.29 is 4.39 Å². The number of benzene rings is 1. The van der Waals surface area contributed by atoms with Gasteiger partial charge >= 0.3 is 0 Å². The molecule has 1 saturated carbocycles. The molecule has 0 spiro atoms. The predicted octanol–water partition coefficient (Wildman–Crippen LogP) is 4.34. The third kappa shape index (κ3) is 4.99. The molecular formula is C18H29FN2. The van der Waals surface area contributed by atoms with Crippen LogP contribution in [0.4, 0.5) is 10.1 Å². The first-order chi connectivity index (χ1) is 9.90. The second-order valence-corrected chi connectivity index (χ2v) is 7.24. The molecular weight excluding hydrogens is 263 g/mol. The summed E-state index contributed by atoms with van der Waals surface area (Å²) in [6.45, 7) is 11.2. The van der Waals surface area contributed by atoms with Gasteiger partial charge in [-0.3, -0.25) is 0 Å². The van der Waals surface area contributed by atoms with Crippen LogP contribution in [0, 0.1) is 11.7 Å². The lowest BCUT2D eigenvalue weighted by Crippen LogP contribution is -2.36. The standard InChI is InChI=1S/C18H29FN2/c1-5-11-21(13-14-9-10-14)17-15(7-6-8-16(17)19)12-20-18(2,3)4/h6-8,14,20H,5,9-13H2,1-4H3. The highest BCUT2D eigenvalue weighted by Crippen LogP contribution is 2.33. The maximum absolute atomic E-state index is 14.4. The topological polar surface area (TPSA) is 15.3 Å². The third-order valence-electron chi connectivity index (χ3n) is 3.86. The fourth-order valence-electron chi connectivity index (χ4n) is 2.59. The lowest BCUT2D eigenvalue weighted by Gasteiger charge is -2.29. The molecule has 2 nitrogen and oxygen atoms in total. The molecule has 1 N–H and O–H groups in total. The van der Waals surface area contributed by atoms with Crippen LogP contribution in [0.3, 0.4) is 0 Å². The molecule has 0 unspecified atom stereocenters. The van der Waals surface area contributed by atoms with E-state index >= 15 is 0 Å². The molecule has 1 aliphatic rings. The Morgan fingerprint density at radius 1 is 1.29 bits per heavy atom. The van der Waals surface area contributed by atoms with Gasteiger partial charge in [-0.1, -0.05) is 19.1 Å². The van der Waals surface area contributed by atoms with Crippen LogP contribution < -0.4 is 10.2 Å². The SMILES string of the molecule is CCCN(CC1CC1)c1c(F)cccc1CNC(C)(C)C. The van der Waals surface area contributed by atoms with Gasteiger partial charge in [-0.15, -0.1) is 0 Å². The summed E-state index contributed by atoms with van der Waals surface area (Å²) in [4.78, 5) is 2.26. The lowest BCUT2D eigenvalue weighted by molar-refractivity contribution is 0.423. The molecule has 118 valence electrons. The van der Waals surface area contributed by atoms with Crippen LogP contribution in [0.5, 0.6) is 0 Å². The van der Waals surface area contributed by atoms with E-state index in [2.05, 4.69) is 37.9 Å². The van der Waals surface area contributed by atoms with E-state index in [1.165, 1.54) is 12.8 Å². The van der Waals surface area contributed by atoms with Crippen LogP contribution in [0.1, 0.15) is 52.5 Å². The van der Waals surface area contributed by atoms with Gasteiger partial charge in [0.2, 0.25) is 0 Å². The van der Waals surface area contributed by atoms with Crippen molar-refractivity contribution >= 4 is 5.69 Å². The minimum Gasteiger partial charge on any atom is -0.369 e. The molecule has 0 saturated heterocycles. The Morgan fingerprint density at radius 2 is 2.00 bits per heavy atom. The maximum Gasteiger partial charge on any atom is 0.146 e. The Kier molecular flexibility index (Phi) is 5.26. The molecule has 2 rings (SSSR count). The minimum absolute atomic E-state index is 0.0374. The molecule has 0 heterocycles. The van der Waals surface area contributed by atoms with Crippen molar-refractivity contribution in [3.63, 3.8) is 0 Å². The summed E-state index contributed by atoms with van der Waals surface area (Å²) < 4.78 is 14.4. The van der Waals surface area contributed by atoms with E-state index < -0.39 is 0 Å². The Hall–Kier alpha value is -1.09. The van der Waals surface area contributed by atoms with E-state index in [0.29, 0.717) is 6.54 Å². The van der Waals surface area contributed by atoms with Crippen LogP contribution in [0.15, 0.2) is 18.2 Å². The molecule has 0 amide bonds. The molecule has 21 heavy (non-hydrogen) atoms. The fourth-order valence-corrected chi connectivity index (χ4v) is 2.59. The quantitative estimate of drug-likeness (QED) is 0.804. The lowest BCUT2D eigenvalue weighted by atomic mass is 10.1. The number of anilines is 1. The number of nitrogens with one attached hydrogen (secondary N) is 1. The van der Waals surface area contributed by atoms with E-state index in [1.807, 2.05) is 12.1 Å². The van der Waals surface area contributed by atoms with Crippen molar-refractivity contribution in [2.75, 3.05) is 18.0 Å². The first-order valence-electron chi connectivity index (χ1n) is 8.18. The summed E-state index contributed by atoms with van der Waals surface area (Å²) in [7, 11) is 0. The minimum atomic E-state index is -0.0858. The van der Waals surface area contributed by atoms with Gasteiger partial charge in [-0.05, 0) is 57.6 Å². The van der Waals surface area contributed by atoms with E-state index in [-0.39, 0.29) is 11.4 Å². The highest BCUT2D eigenvalue weighted by atomic mass is 19.1. The van der Waals surface area contributed by atoms with Gasteiger partial charge < -0.3 is 10.2 Å². The average Bonchev–Trinajstić information content (AvgIpc) is 3.19. The molecule has 0 atom stereocenters. The first kappa shape index (κ1) is 16.3. The number of rotatable bonds is 7. The Bertz CT molecular complexity index is 461. The number of hydrogen-bond donors (Lipinski definition) is 1. The van der Waals surface area contributed by atoms with Gasteiger partial charge in [0.25, 0.3) is 0 Å². The van der Waals surface area contributed by atoms with Gasteiger partial charge in [0, 0.05) is 25.2 Å². The molecule has 1 aromatic rings. The average molecular weight is 292 g/mol. The molecule has 0 bridgehead atoms. The maximum atomic E-state index is 14.4. The van der Waals surface area contributed by atoms with E-state index in [1.54, 1.807) is 6.07 Å². The van der Waals surface area contributed by atoms with Crippen LogP contribution in [0.25, 0.3) is 0 Å². The zero-order valence-corrected chi connectivity index (χ0v) is 13.9. The highest BCUT2D eigenvalue weighted by Gasteiger charge is 2.26. The number of nitrogens with zero attached hydrogens (tertiary/aromatic N) is 1. The molecule has 3 heteroatoms. The van der Waals surface area contributed by atoms with Gasteiger partial charge in [0.15, 0.2) is 0 Å². The number of hydrogen-bond acceptors (Lipinski definition) is 2. The molecule has 0 radical (unpaired) electrons. The van der Waals surface area contributed by atoms with Gasteiger partial charge in [0.1, 0.15) is 5.82 Å². The highest BCUT2D eigenvalue weighted by molar-refractivity contribution is 5.55. The Morgan fingerprint density at radius 3 is 2.57 bits per heavy atom. The van der Waals surface area contributed by atoms with Crippen LogP contribution in [0.2, 0.25) is 0 Å². The monoisotopic (exact) mass is 292 g/mol. The second kappa shape index (κ2) is 6.78. The fraction of sp³-hybridized carbons (Fsp3) is 0.667. The van der Waals surface area contributed by atoms with Crippen molar-refractivity contribution in [3.05, 3.63) is 29.6 Å². The zero-order valence-electron chi connectivity index (χ0n) is 13.9. The Labute approximate surface area is 128 Å². The van der Waals surface area contributed by atoms with E-state index in [0.717, 1.165) is 36.7 Å². The summed E-state index contributed by atoms with van der Waals surface area (Å²) in [6.07, 6.45) is 3.64. The summed E-state index contributed by atoms with van der Waals surface area (Å²) in [5, 5.41) is 3.48. The van der Waals surface area contributed by atoms with Crippen LogP contribution >= 0.6 is 0 Å². The predicted molar refractivity (Wildman–Crippen MR) is 88.2 cm³/mol. The van der Waals surface area contributed by atoms with Gasteiger partial charge in [-0.2, -0.15) is 0 Å². The summed E-state index contributed by atoms with van der Waals surface area (Å²) in [5.41, 5.74) is 1.91. The number of para-hydroxylation sites is 1. The van der Waals surface area contributed by atoms with Gasteiger partial charge in [0.05, 0.1) is 5.69 Å². The molecule has 1 aromatic carbocycles. The smallest absolute Gasteiger partial charge is 0.146 e. The molecule has 1 fully saturated rings. The zero-order chi connectivity index (χ0) is 15.5. The normalized spacial score (nSPS) is 15.3. The van der Waals surface area contributed by atoms with Crippen molar-refractivity contribution in [1.29, 1.82) is 0 Å². The van der Waals surface area contributed by atoms with Crippen LogP contribution in [-0.2, 0) is 6.54 Å². The molecule has 1 aliphatic carbocycles. The van der Waals surface area contributed by atoms with Crippen molar-refractivity contribution in [1.82, 2.24) is 5.32 Å². The Balaban J connectivity index is 2.21. The van der Waals surface area contributed by atoms with Crippen molar-refractivity contribution in [2.45, 2.75) is 59.0 Å². The largest absolute Gasteiger partial charge is 0.369 e. The van der Waals surface area contributed by atoms with Crippen LogP contribution in [-0.4, -0.2) is 18.6 Å². The summed E-state index contributed by atoms with van der Waals surface area (Å²) in [5.74, 6) is 0.678. The third-order valence-corrected chi connectivity index (χ3v) is 3.86. The van der Waals surface area contributed by atoms with Crippen molar-refractivity contribution in [3.8, 4) is 0 Å². The molecule has 0 aliphatic heterocycles. The second-order valence-electron chi connectivity index (χ2n) is 7.24. The molecule has 0 aromatic heterocycles. The van der Waals surface area contributed by atoms with Gasteiger partial charge in [-0.25, -0.2) is 4.39 Å². The summed E-state index contributed by atoms with van der Waals surface area (Å²) >= 11 is 0. The van der Waals surface area contributed by atoms with E-state index in [9.17, 15) is 4.39 Å². The summed E-state index contributed by atoms with van der Waals surface area (Å²) in [6, 6.07) is 5.46. The number of halogens is 1. The van der Waals surface area contributed by atoms with Crippen molar-refractivity contribution in [2.24, 2.45) is 5.92 Å². The first-order valence-corrected chi connectivity index (χ1v) is 8.18.